The number of amides is 1. The van der Waals surface area contributed by atoms with Crippen LogP contribution >= 0.6 is 11.3 Å². The quantitative estimate of drug-likeness (QED) is 0.375. The third kappa shape index (κ3) is 6.23. The van der Waals surface area contributed by atoms with Gasteiger partial charge in [-0.05, 0) is 34.5 Å². The van der Waals surface area contributed by atoms with Gasteiger partial charge in [0, 0.05) is 37.9 Å². The number of piperazine rings is 1. The summed E-state index contributed by atoms with van der Waals surface area (Å²) in [5.41, 5.74) is 2.19. The molecule has 1 amide bonds. The Morgan fingerprint density at radius 1 is 1.03 bits per heavy atom. The van der Waals surface area contributed by atoms with Gasteiger partial charge >= 0.3 is 5.97 Å². The molecule has 4 heterocycles. The zero-order valence-corrected chi connectivity index (χ0v) is 21.5. The van der Waals surface area contributed by atoms with Crippen LogP contribution in [0.25, 0.3) is 26.7 Å². The zero-order chi connectivity index (χ0) is 26.7. The van der Waals surface area contributed by atoms with Gasteiger partial charge < -0.3 is 10.0 Å². The van der Waals surface area contributed by atoms with Crippen molar-refractivity contribution in [2.45, 2.75) is 0 Å². The number of aromatic nitrogens is 1. The minimum absolute atomic E-state index is 0.0281. The molecule has 1 saturated heterocycles. The number of hydrogen-bond acceptors (Lipinski definition) is 7. The Labute approximate surface area is 216 Å². The predicted octanol–water partition coefficient (Wildman–Crippen LogP) is 2.53. The smallest absolute Gasteiger partial charge is 0.317 e. The predicted molar refractivity (Wildman–Crippen MR) is 142 cm³/mol. The first kappa shape index (κ1) is 26.5. The third-order valence-electron chi connectivity index (χ3n) is 5.88. The number of fused-ring (bicyclic) bond motifs is 3. The second kappa shape index (κ2) is 10.8. The number of aliphatic carboxylic acids is 1. The van der Waals surface area contributed by atoms with Gasteiger partial charge in [-0.1, -0.05) is 30.3 Å². The van der Waals surface area contributed by atoms with Crippen molar-refractivity contribution in [3.63, 3.8) is 0 Å². The highest BCUT2D eigenvalue weighted by Crippen LogP contribution is 2.30. The highest BCUT2D eigenvalue weighted by atomic mass is 32.2. The normalized spacial score (nSPS) is 14.4. The lowest BCUT2D eigenvalue weighted by Gasteiger charge is -2.34. The minimum Gasteiger partial charge on any atom is -0.480 e. The van der Waals surface area contributed by atoms with E-state index in [0.29, 0.717) is 49.1 Å². The Hall–Kier alpha value is -3.58. The van der Waals surface area contributed by atoms with Gasteiger partial charge in [-0.25, -0.2) is 0 Å². The van der Waals surface area contributed by atoms with Gasteiger partial charge in [0.1, 0.15) is 0 Å². The highest BCUT2D eigenvalue weighted by molar-refractivity contribution is 7.85. The van der Waals surface area contributed by atoms with Crippen molar-refractivity contribution in [1.29, 1.82) is 0 Å². The van der Waals surface area contributed by atoms with E-state index in [-0.39, 0.29) is 18.0 Å². The molecule has 4 aromatic rings. The molecule has 1 aliphatic rings. The highest BCUT2D eigenvalue weighted by Gasteiger charge is 2.26. The van der Waals surface area contributed by atoms with Crippen molar-refractivity contribution >= 4 is 48.9 Å². The van der Waals surface area contributed by atoms with E-state index in [0.717, 1.165) is 15.6 Å². The summed E-state index contributed by atoms with van der Waals surface area (Å²) in [6, 6.07) is 15.0. The lowest BCUT2D eigenvalue weighted by Crippen LogP contribution is -2.50. The van der Waals surface area contributed by atoms with E-state index >= 15 is 0 Å². The van der Waals surface area contributed by atoms with Gasteiger partial charge in [-0.3, -0.25) is 28.2 Å². The number of carbonyl (C=O) groups is 2. The number of nitrogens with zero attached hydrogens (tertiary/aromatic N) is 3. The van der Waals surface area contributed by atoms with Gasteiger partial charge in [0.25, 0.3) is 21.6 Å². The van der Waals surface area contributed by atoms with Crippen molar-refractivity contribution in [1.82, 2.24) is 14.2 Å². The van der Waals surface area contributed by atoms with Crippen molar-refractivity contribution < 1.29 is 27.7 Å². The van der Waals surface area contributed by atoms with E-state index in [1.807, 2.05) is 52.7 Å². The van der Waals surface area contributed by atoms with Gasteiger partial charge in [0.05, 0.1) is 28.6 Å². The topological polar surface area (TPSA) is 137 Å². The van der Waals surface area contributed by atoms with Crippen LogP contribution in [0.4, 0.5) is 0 Å². The number of carboxylic acids is 1. The SMILES string of the molecule is CS(=O)(=O)O.O=C(O)CN1CCN(C(=O)c2cc(-c3ccccc3)c(=O)n3ccc4ccsc4c23)CC1. The number of benzene rings is 1. The monoisotopic (exact) mass is 543 g/mol. The molecule has 0 radical (unpaired) electrons. The molecular formula is C25H25N3O7S2. The molecule has 0 unspecified atom stereocenters. The molecule has 194 valence electrons. The fourth-order valence-corrected chi connectivity index (χ4v) is 5.21. The van der Waals surface area contributed by atoms with Crippen LogP contribution in [-0.2, 0) is 14.9 Å². The molecule has 1 aromatic carbocycles. The second-order valence-electron chi connectivity index (χ2n) is 8.58. The maximum atomic E-state index is 13.7. The van der Waals surface area contributed by atoms with Crippen LogP contribution in [0.1, 0.15) is 10.4 Å². The largest absolute Gasteiger partial charge is 0.480 e. The van der Waals surface area contributed by atoms with Crippen molar-refractivity contribution in [2.75, 3.05) is 39.0 Å². The van der Waals surface area contributed by atoms with Crippen molar-refractivity contribution in [3.05, 3.63) is 76.0 Å². The number of rotatable bonds is 4. The van der Waals surface area contributed by atoms with Gasteiger partial charge in [-0.15, -0.1) is 11.3 Å². The Bertz CT molecular complexity index is 1610. The van der Waals surface area contributed by atoms with Gasteiger partial charge in [0.15, 0.2) is 0 Å². The molecule has 0 spiro atoms. The molecule has 0 bridgehead atoms. The average Bonchev–Trinajstić information content (AvgIpc) is 3.33. The van der Waals surface area contributed by atoms with Crippen molar-refractivity contribution in [2.24, 2.45) is 0 Å². The van der Waals surface area contributed by atoms with E-state index in [9.17, 15) is 22.8 Å². The zero-order valence-electron chi connectivity index (χ0n) is 19.9. The van der Waals surface area contributed by atoms with Crippen LogP contribution in [0.2, 0.25) is 0 Å². The number of thiophene rings is 1. The molecule has 0 saturated carbocycles. The van der Waals surface area contributed by atoms with Crippen LogP contribution in [0.3, 0.4) is 0 Å². The van der Waals surface area contributed by atoms with Gasteiger partial charge in [-0.2, -0.15) is 8.42 Å². The summed E-state index contributed by atoms with van der Waals surface area (Å²) in [6.45, 7) is 1.86. The summed E-state index contributed by atoms with van der Waals surface area (Å²) in [4.78, 5) is 41.6. The van der Waals surface area contributed by atoms with E-state index < -0.39 is 16.1 Å². The second-order valence-corrected chi connectivity index (χ2v) is 11.0. The summed E-state index contributed by atoms with van der Waals surface area (Å²) in [5, 5.41) is 12.0. The van der Waals surface area contributed by atoms with E-state index in [1.54, 1.807) is 21.6 Å². The molecule has 5 rings (SSSR count). The summed E-state index contributed by atoms with van der Waals surface area (Å²) >= 11 is 1.51. The minimum atomic E-state index is -3.67. The Kier molecular flexibility index (Phi) is 7.73. The number of hydrogen-bond donors (Lipinski definition) is 2. The molecule has 0 aliphatic carbocycles. The summed E-state index contributed by atoms with van der Waals surface area (Å²) in [7, 11) is -3.67. The lowest BCUT2D eigenvalue weighted by molar-refractivity contribution is -0.138. The summed E-state index contributed by atoms with van der Waals surface area (Å²) in [6.07, 6.45) is 2.45. The molecular weight excluding hydrogens is 518 g/mol. The molecule has 0 atom stereocenters. The fourth-order valence-electron chi connectivity index (χ4n) is 4.27. The van der Waals surface area contributed by atoms with E-state index in [4.69, 9.17) is 9.66 Å². The molecule has 37 heavy (non-hydrogen) atoms. The molecule has 1 fully saturated rings. The van der Waals surface area contributed by atoms with Crippen LogP contribution in [0, 0.1) is 0 Å². The first-order valence-electron chi connectivity index (χ1n) is 11.3. The molecule has 2 N–H and O–H groups in total. The standard InChI is InChI=1S/C24H21N3O4S.CH4O3S/c28-20(29)15-25-9-11-26(12-10-25)23(30)19-14-18(16-4-2-1-3-5-16)24(31)27-8-6-17-7-13-32-22(17)21(19)27;1-5(2,3)4/h1-8,13-14H,9-12,15H2,(H,28,29);1H3,(H,2,3,4). The number of carboxylic acid groups (broad SMARTS) is 1. The first-order chi connectivity index (χ1) is 17.5. The molecule has 1 aliphatic heterocycles. The number of carbonyl (C=O) groups excluding carboxylic acids is 1. The molecule has 10 nitrogen and oxygen atoms in total. The average molecular weight is 544 g/mol. The fraction of sp³-hybridized carbons (Fsp3) is 0.240. The van der Waals surface area contributed by atoms with Crippen LogP contribution in [0.15, 0.2) is 64.9 Å². The molecule has 12 heteroatoms. The van der Waals surface area contributed by atoms with Crippen molar-refractivity contribution in [3.8, 4) is 11.1 Å². The van der Waals surface area contributed by atoms with E-state index in [1.165, 1.54) is 11.3 Å². The third-order valence-corrected chi connectivity index (χ3v) is 6.82. The summed E-state index contributed by atoms with van der Waals surface area (Å²) < 4.78 is 28.3. The maximum absolute atomic E-state index is 13.7. The first-order valence-corrected chi connectivity index (χ1v) is 14.0. The van der Waals surface area contributed by atoms with E-state index in [2.05, 4.69) is 0 Å². The lowest BCUT2D eigenvalue weighted by atomic mass is 10.0. The van der Waals surface area contributed by atoms with Crippen LogP contribution in [0.5, 0.6) is 0 Å². The number of pyridine rings is 2. The summed E-state index contributed by atoms with van der Waals surface area (Å²) in [5.74, 6) is -1.01. The van der Waals surface area contributed by atoms with Gasteiger partial charge in [0.2, 0.25) is 0 Å². The van der Waals surface area contributed by atoms with Crippen LogP contribution < -0.4 is 5.56 Å². The van der Waals surface area contributed by atoms with Crippen LogP contribution in [-0.4, -0.2) is 83.1 Å². The Morgan fingerprint density at radius 2 is 1.68 bits per heavy atom. The maximum Gasteiger partial charge on any atom is 0.317 e. The molecule has 3 aromatic heterocycles. The Balaban J connectivity index is 0.000000586. The Morgan fingerprint density at radius 3 is 2.30 bits per heavy atom.